The lowest BCUT2D eigenvalue weighted by Gasteiger charge is -2.17. The van der Waals surface area contributed by atoms with Crippen LogP contribution in [-0.4, -0.2) is 30.6 Å². The highest BCUT2D eigenvalue weighted by atomic mass is 35.5. The number of phenols is 1. The zero-order valence-electron chi connectivity index (χ0n) is 18.6. The summed E-state index contributed by atoms with van der Waals surface area (Å²) >= 11 is 18.2. The Labute approximate surface area is 217 Å². The molecule has 0 spiro atoms. The van der Waals surface area contributed by atoms with E-state index in [0.29, 0.717) is 5.02 Å². The van der Waals surface area contributed by atoms with E-state index in [-0.39, 0.29) is 38.3 Å². The number of carbonyl (C=O) groups is 2. The molecule has 0 bridgehead atoms. The average Bonchev–Trinajstić information content (AvgIpc) is 2.79. The molecule has 184 valence electrons. The Bertz CT molecular complexity index is 1390. The Morgan fingerprint density at radius 3 is 2.20 bits per heavy atom. The van der Waals surface area contributed by atoms with Gasteiger partial charge in [0.1, 0.15) is 11.0 Å². The first kappa shape index (κ1) is 26.8. The second-order valence-corrected chi connectivity index (χ2v) is 11.1. The van der Waals surface area contributed by atoms with Gasteiger partial charge in [0.25, 0.3) is 5.91 Å². The molecule has 0 radical (unpaired) electrons. The molecule has 1 atom stereocenters. The minimum Gasteiger partial charge on any atom is -0.506 e. The van der Waals surface area contributed by atoms with Gasteiger partial charge in [-0.1, -0.05) is 53.4 Å². The number of amides is 2. The lowest BCUT2D eigenvalue weighted by molar-refractivity contribution is -0.115. The SMILES string of the molecule is CCC(C(=O)Nc1cc(O)c(NC(=O)c2cc(C)ccc2Cl)cc1Cl)S(=O)(=O)c1ccc(Cl)cc1. The van der Waals surface area contributed by atoms with Crippen LogP contribution in [0.15, 0.2) is 59.5 Å². The molecule has 2 amide bonds. The summed E-state index contributed by atoms with van der Waals surface area (Å²) in [7, 11) is -4.02. The molecule has 0 aromatic heterocycles. The fourth-order valence-corrected chi connectivity index (χ4v) is 5.47. The van der Waals surface area contributed by atoms with Crippen LogP contribution in [0, 0.1) is 6.92 Å². The fraction of sp³-hybridized carbons (Fsp3) is 0.167. The summed E-state index contributed by atoms with van der Waals surface area (Å²) in [6.45, 7) is 3.36. The standard InChI is InChI=1S/C24H21Cl3N2O5S/c1-3-22(35(33,34)15-7-5-14(25)6-8-15)24(32)28-19-12-21(30)20(11-18(19)27)29-23(31)16-10-13(2)4-9-17(16)26/h4-12,22,30H,3H2,1-2H3,(H,28,32)(H,29,31). The van der Waals surface area contributed by atoms with Crippen molar-refractivity contribution >= 4 is 67.8 Å². The topological polar surface area (TPSA) is 113 Å². The van der Waals surface area contributed by atoms with Crippen molar-refractivity contribution in [1.29, 1.82) is 0 Å². The van der Waals surface area contributed by atoms with Crippen molar-refractivity contribution in [2.24, 2.45) is 0 Å². The summed E-state index contributed by atoms with van der Waals surface area (Å²) in [5.74, 6) is -1.79. The second-order valence-electron chi connectivity index (χ2n) is 7.67. The minimum atomic E-state index is -4.02. The summed E-state index contributed by atoms with van der Waals surface area (Å²) in [4.78, 5) is 25.4. The van der Waals surface area contributed by atoms with Crippen LogP contribution in [0.3, 0.4) is 0 Å². The van der Waals surface area contributed by atoms with Gasteiger partial charge < -0.3 is 15.7 Å². The largest absolute Gasteiger partial charge is 0.506 e. The maximum atomic E-state index is 13.0. The van der Waals surface area contributed by atoms with Gasteiger partial charge in [-0.2, -0.15) is 0 Å². The number of anilines is 2. The van der Waals surface area contributed by atoms with Crippen molar-refractivity contribution in [2.45, 2.75) is 30.4 Å². The number of sulfone groups is 1. The molecule has 0 aliphatic carbocycles. The summed E-state index contributed by atoms with van der Waals surface area (Å²) in [5, 5.41) is 14.5. The molecule has 0 aliphatic rings. The average molecular weight is 556 g/mol. The third-order valence-corrected chi connectivity index (χ3v) is 8.26. The number of benzene rings is 3. The van der Waals surface area contributed by atoms with Gasteiger partial charge in [-0.25, -0.2) is 8.42 Å². The van der Waals surface area contributed by atoms with Gasteiger partial charge in [0.15, 0.2) is 9.84 Å². The molecule has 11 heteroatoms. The van der Waals surface area contributed by atoms with Crippen molar-refractivity contribution < 1.29 is 23.1 Å². The maximum Gasteiger partial charge on any atom is 0.257 e. The molecule has 35 heavy (non-hydrogen) atoms. The predicted molar refractivity (Wildman–Crippen MR) is 139 cm³/mol. The van der Waals surface area contributed by atoms with Crippen molar-refractivity contribution in [3.8, 4) is 5.75 Å². The number of aromatic hydroxyl groups is 1. The van der Waals surface area contributed by atoms with E-state index in [2.05, 4.69) is 10.6 Å². The Hall–Kier alpha value is -2.78. The lowest BCUT2D eigenvalue weighted by Crippen LogP contribution is -2.34. The van der Waals surface area contributed by atoms with E-state index in [0.717, 1.165) is 11.6 Å². The fourth-order valence-electron chi connectivity index (χ4n) is 3.31. The molecule has 1 unspecified atom stereocenters. The van der Waals surface area contributed by atoms with E-state index in [1.54, 1.807) is 32.0 Å². The molecule has 3 aromatic rings. The van der Waals surface area contributed by atoms with Gasteiger partial charge in [0.05, 0.1) is 31.9 Å². The van der Waals surface area contributed by atoms with Crippen LogP contribution < -0.4 is 10.6 Å². The van der Waals surface area contributed by atoms with Crippen molar-refractivity contribution in [2.75, 3.05) is 10.6 Å². The van der Waals surface area contributed by atoms with E-state index in [1.165, 1.54) is 30.3 Å². The molecule has 3 rings (SSSR count). The molecule has 0 saturated carbocycles. The number of aryl methyl sites for hydroxylation is 1. The molecule has 0 heterocycles. The van der Waals surface area contributed by atoms with E-state index in [9.17, 15) is 23.1 Å². The lowest BCUT2D eigenvalue weighted by atomic mass is 10.1. The Kier molecular flexibility index (Phi) is 8.33. The van der Waals surface area contributed by atoms with Crippen LogP contribution >= 0.6 is 34.8 Å². The number of hydrogen-bond acceptors (Lipinski definition) is 5. The van der Waals surface area contributed by atoms with Crippen molar-refractivity contribution in [3.63, 3.8) is 0 Å². The zero-order chi connectivity index (χ0) is 25.9. The monoisotopic (exact) mass is 554 g/mol. The molecular weight excluding hydrogens is 535 g/mol. The van der Waals surface area contributed by atoms with Gasteiger partial charge in [-0.15, -0.1) is 0 Å². The minimum absolute atomic E-state index is 0.00815. The Morgan fingerprint density at radius 1 is 0.914 bits per heavy atom. The van der Waals surface area contributed by atoms with E-state index in [1.807, 2.05) is 0 Å². The Balaban J connectivity index is 1.82. The summed E-state index contributed by atoms with van der Waals surface area (Å²) < 4.78 is 26.0. The van der Waals surface area contributed by atoms with Crippen LogP contribution in [0.5, 0.6) is 5.75 Å². The third kappa shape index (κ3) is 6.08. The quantitative estimate of drug-likeness (QED) is 0.305. The first-order valence-electron chi connectivity index (χ1n) is 10.3. The van der Waals surface area contributed by atoms with E-state index < -0.39 is 32.7 Å². The van der Waals surface area contributed by atoms with E-state index in [4.69, 9.17) is 34.8 Å². The predicted octanol–water partition coefficient (Wildman–Crippen LogP) is 6.10. The number of nitrogens with one attached hydrogen (secondary N) is 2. The molecule has 0 aliphatic heterocycles. The van der Waals surface area contributed by atoms with Crippen LogP contribution in [-0.2, 0) is 14.6 Å². The summed E-state index contributed by atoms with van der Waals surface area (Å²) in [5.41, 5.74) is 0.985. The van der Waals surface area contributed by atoms with Crippen molar-refractivity contribution in [1.82, 2.24) is 0 Å². The summed E-state index contributed by atoms with van der Waals surface area (Å²) in [6.07, 6.45) is -0.00815. The van der Waals surface area contributed by atoms with Gasteiger partial charge in [0.2, 0.25) is 5.91 Å². The summed E-state index contributed by atoms with van der Waals surface area (Å²) in [6, 6.07) is 12.8. The molecule has 3 aromatic carbocycles. The number of carbonyl (C=O) groups excluding carboxylic acids is 2. The zero-order valence-corrected chi connectivity index (χ0v) is 21.7. The molecule has 7 nitrogen and oxygen atoms in total. The smallest absolute Gasteiger partial charge is 0.257 e. The highest BCUT2D eigenvalue weighted by molar-refractivity contribution is 7.92. The molecule has 3 N–H and O–H groups in total. The number of halogens is 3. The normalized spacial score (nSPS) is 12.1. The first-order valence-corrected chi connectivity index (χ1v) is 13.0. The van der Waals surface area contributed by atoms with Crippen LogP contribution in [0.1, 0.15) is 29.3 Å². The highest BCUT2D eigenvalue weighted by Crippen LogP contribution is 2.35. The van der Waals surface area contributed by atoms with Gasteiger partial charge in [-0.3, -0.25) is 9.59 Å². The van der Waals surface area contributed by atoms with Crippen LogP contribution in [0.4, 0.5) is 11.4 Å². The second kappa shape index (κ2) is 10.9. The van der Waals surface area contributed by atoms with Crippen LogP contribution in [0.2, 0.25) is 15.1 Å². The van der Waals surface area contributed by atoms with Crippen LogP contribution in [0.25, 0.3) is 0 Å². The number of phenolic OH excluding ortho intramolecular Hbond substituents is 1. The molecule has 0 saturated heterocycles. The van der Waals surface area contributed by atoms with Crippen molar-refractivity contribution in [3.05, 3.63) is 80.8 Å². The first-order chi connectivity index (χ1) is 16.4. The van der Waals surface area contributed by atoms with Gasteiger partial charge in [-0.05, 0) is 55.8 Å². The number of hydrogen-bond donors (Lipinski definition) is 3. The third-order valence-electron chi connectivity index (χ3n) is 5.14. The van der Waals surface area contributed by atoms with Gasteiger partial charge in [0, 0.05) is 11.1 Å². The van der Waals surface area contributed by atoms with Gasteiger partial charge >= 0.3 is 0 Å². The molecule has 0 fully saturated rings. The molecular formula is C24H21Cl3N2O5S. The highest BCUT2D eigenvalue weighted by Gasteiger charge is 2.33. The Morgan fingerprint density at radius 2 is 1.57 bits per heavy atom. The maximum absolute atomic E-state index is 13.0. The van der Waals surface area contributed by atoms with E-state index >= 15 is 0 Å². The number of rotatable bonds is 7.